The molecule has 2 nitrogen and oxygen atoms in total. The van der Waals surface area contributed by atoms with Gasteiger partial charge in [0.2, 0.25) is 0 Å². The molecule has 0 amide bonds. The van der Waals surface area contributed by atoms with Crippen LogP contribution in [0.5, 0.6) is 0 Å². The summed E-state index contributed by atoms with van der Waals surface area (Å²) in [5.74, 6) is 0. The number of para-hydroxylation sites is 1. The van der Waals surface area contributed by atoms with Gasteiger partial charge in [0.15, 0.2) is 0 Å². The van der Waals surface area contributed by atoms with Crippen molar-refractivity contribution in [3.05, 3.63) is 46.8 Å². The maximum Gasteiger partial charge on any atom is 0.491 e. The molecule has 78 valence electrons. The normalized spacial score (nSPS) is 11.9. The number of aromatic nitrogens is 1. The lowest BCUT2D eigenvalue weighted by atomic mass is 10.2. The number of halogens is 3. The molecule has 2 rings (SSSR count). The molecule has 0 saturated carbocycles. The van der Waals surface area contributed by atoms with E-state index in [9.17, 15) is 18.0 Å². The van der Waals surface area contributed by atoms with Crippen LogP contribution in [0.25, 0.3) is 10.9 Å². The molecule has 15 heavy (non-hydrogen) atoms. The highest BCUT2D eigenvalue weighted by molar-refractivity contribution is 5.78. The van der Waals surface area contributed by atoms with Gasteiger partial charge >= 0.3 is 6.30 Å². The molecule has 0 atom stereocenters. The Morgan fingerprint density at radius 1 is 1.00 bits per heavy atom. The van der Waals surface area contributed by atoms with Crippen LogP contribution in [0.15, 0.2) is 41.2 Å². The van der Waals surface area contributed by atoms with Gasteiger partial charge in [0.25, 0.3) is 5.56 Å². The van der Waals surface area contributed by atoms with E-state index in [0.717, 1.165) is 6.07 Å². The lowest BCUT2D eigenvalue weighted by Gasteiger charge is -2.12. The fourth-order valence-corrected chi connectivity index (χ4v) is 1.45. The topological polar surface area (TPSA) is 22.0 Å². The molecular weight excluding hydrogens is 207 g/mol. The highest BCUT2D eigenvalue weighted by atomic mass is 19.4. The summed E-state index contributed by atoms with van der Waals surface area (Å²) in [6, 6.07) is 8.16. The largest absolute Gasteiger partial charge is 0.491 e. The average Bonchev–Trinajstić information content (AvgIpc) is 2.15. The molecule has 2 aromatic rings. The molecule has 0 bridgehead atoms. The Morgan fingerprint density at radius 3 is 2.33 bits per heavy atom. The Labute approximate surface area is 82.6 Å². The van der Waals surface area contributed by atoms with Gasteiger partial charge in [-0.2, -0.15) is 0 Å². The van der Waals surface area contributed by atoms with E-state index in [0.29, 0.717) is 5.39 Å². The number of rotatable bonds is 0. The van der Waals surface area contributed by atoms with Crippen LogP contribution in [0.3, 0.4) is 0 Å². The number of pyridine rings is 1. The zero-order valence-corrected chi connectivity index (χ0v) is 7.45. The number of alkyl halides is 3. The summed E-state index contributed by atoms with van der Waals surface area (Å²) in [4.78, 5) is 11.1. The SMILES string of the molecule is O=c1ccc2ccccc2n1C(F)(F)F. The smallest absolute Gasteiger partial charge is 0.269 e. The first-order valence-corrected chi connectivity index (χ1v) is 4.18. The van der Waals surface area contributed by atoms with Crippen LogP contribution in [-0.2, 0) is 6.30 Å². The summed E-state index contributed by atoms with van der Waals surface area (Å²) < 4.78 is 37.5. The van der Waals surface area contributed by atoms with E-state index in [4.69, 9.17) is 0 Å². The Hall–Kier alpha value is -1.78. The molecule has 0 aliphatic carbocycles. The maximum absolute atomic E-state index is 12.5. The summed E-state index contributed by atoms with van der Waals surface area (Å²) in [5.41, 5.74) is -1.20. The van der Waals surface area contributed by atoms with Crippen molar-refractivity contribution in [2.75, 3.05) is 0 Å². The van der Waals surface area contributed by atoms with E-state index in [1.807, 2.05) is 0 Å². The Morgan fingerprint density at radius 2 is 1.67 bits per heavy atom. The van der Waals surface area contributed by atoms with E-state index in [-0.39, 0.29) is 10.1 Å². The molecule has 0 fully saturated rings. The third kappa shape index (κ3) is 1.60. The van der Waals surface area contributed by atoms with Crippen LogP contribution in [-0.4, -0.2) is 4.57 Å². The molecule has 0 N–H and O–H groups in total. The molecule has 1 heterocycles. The second-order valence-electron chi connectivity index (χ2n) is 3.03. The van der Waals surface area contributed by atoms with Gasteiger partial charge in [-0.1, -0.05) is 18.2 Å². The predicted octanol–water partition coefficient (Wildman–Crippen LogP) is 2.48. The van der Waals surface area contributed by atoms with Crippen LogP contribution in [0.1, 0.15) is 0 Å². The fourth-order valence-electron chi connectivity index (χ4n) is 1.45. The summed E-state index contributed by atoms with van der Waals surface area (Å²) in [5, 5.41) is 0.384. The van der Waals surface area contributed by atoms with Crippen LogP contribution in [0, 0.1) is 0 Å². The highest BCUT2D eigenvalue weighted by Crippen LogP contribution is 2.24. The standard InChI is InChI=1S/C10H6F3NO/c11-10(12,13)14-8-4-2-1-3-7(8)5-6-9(14)15/h1-6H. The van der Waals surface area contributed by atoms with Crippen LogP contribution < -0.4 is 5.56 Å². The number of hydrogen-bond donors (Lipinski definition) is 0. The monoisotopic (exact) mass is 213 g/mol. The molecule has 5 heteroatoms. The second-order valence-corrected chi connectivity index (χ2v) is 3.03. The summed E-state index contributed by atoms with van der Waals surface area (Å²) in [6.45, 7) is 0. The van der Waals surface area contributed by atoms with Gasteiger partial charge in [-0.3, -0.25) is 4.79 Å². The molecule has 0 spiro atoms. The highest BCUT2D eigenvalue weighted by Gasteiger charge is 2.33. The molecule has 0 radical (unpaired) electrons. The van der Waals surface area contributed by atoms with Gasteiger partial charge in [-0.25, -0.2) is 4.57 Å². The number of hydrogen-bond acceptors (Lipinski definition) is 1. The van der Waals surface area contributed by atoms with Crippen molar-refractivity contribution in [1.82, 2.24) is 4.57 Å². The lowest BCUT2D eigenvalue weighted by Crippen LogP contribution is -2.30. The minimum atomic E-state index is -4.68. The Kier molecular flexibility index (Phi) is 2.03. The van der Waals surface area contributed by atoms with Gasteiger partial charge in [-0.05, 0) is 17.5 Å². The first kappa shape index (κ1) is 9.76. The first-order valence-electron chi connectivity index (χ1n) is 4.18. The minimum Gasteiger partial charge on any atom is -0.269 e. The van der Waals surface area contributed by atoms with Gasteiger partial charge in [0.1, 0.15) is 0 Å². The average molecular weight is 213 g/mol. The van der Waals surface area contributed by atoms with Crippen molar-refractivity contribution < 1.29 is 13.2 Å². The van der Waals surface area contributed by atoms with Gasteiger partial charge in [0.05, 0.1) is 5.52 Å². The van der Waals surface area contributed by atoms with E-state index in [2.05, 4.69) is 0 Å². The van der Waals surface area contributed by atoms with E-state index < -0.39 is 11.9 Å². The quantitative estimate of drug-likeness (QED) is 0.658. The van der Waals surface area contributed by atoms with Gasteiger partial charge in [-0.15, -0.1) is 13.2 Å². The van der Waals surface area contributed by atoms with Crippen molar-refractivity contribution >= 4 is 10.9 Å². The predicted molar refractivity (Wildman–Crippen MR) is 49.5 cm³/mol. The molecule has 1 aromatic heterocycles. The molecule has 0 aliphatic rings. The third-order valence-corrected chi connectivity index (χ3v) is 2.06. The first-order chi connectivity index (χ1) is 7.00. The van der Waals surface area contributed by atoms with E-state index in [1.54, 1.807) is 6.07 Å². The number of benzene rings is 1. The molecule has 0 aliphatic heterocycles. The Balaban J connectivity index is 2.93. The molecular formula is C10H6F3NO. The van der Waals surface area contributed by atoms with Crippen LogP contribution >= 0.6 is 0 Å². The number of fused-ring (bicyclic) bond motifs is 1. The lowest BCUT2D eigenvalue weighted by molar-refractivity contribution is -0.202. The fraction of sp³-hybridized carbons (Fsp3) is 0.100. The summed E-state index contributed by atoms with van der Waals surface area (Å²) in [6.07, 6.45) is -4.68. The van der Waals surface area contributed by atoms with E-state index >= 15 is 0 Å². The molecule has 0 unspecified atom stereocenters. The summed E-state index contributed by atoms with van der Waals surface area (Å²) in [7, 11) is 0. The van der Waals surface area contributed by atoms with Gasteiger partial charge < -0.3 is 0 Å². The van der Waals surface area contributed by atoms with Crippen molar-refractivity contribution in [2.45, 2.75) is 6.30 Å². The molecule has 1 aromatic carbocycles. The zero-order valence-electron chi connectivity index (χ0n) is 7.45. The minimum absolute atomic E-state index is 0.127. The van der Waals surface area contributed by atoms with E-state index in [1.165, 1.54) is 24.3 Å². The van der Waals surface area contributed by atoms with Gasteiger partial charge in [0, 0.05) is 6.07 Å². The maximum atomic E-state index is 12.5. The van der Waals surface area contributed by atoms with Crippen molar-refractivity contribution in [3.63, 3.8) is 0 Å². The van der Waals surface area contributed by atoms with Crippen LogP contribution in [0.2, 0.25) is 0 Å². The van der Waals surface area contributed by atoms with Crippen molar-refractivity contribution in [1.29, 1.82) is 0 Å². The second kappa shape index (κ2) is 3.12. The number of nitrogens with zero attached hydrogens (tertiary/aromatic N) is 1. The zero-order chi connectivity index (χ0) is 11.1. The van der Waals surface area contributed by atoms with Crippen molar-refractivity contribution in [2.24, 2.45) is 0 Å². The van der Waals surface area contributed by atoms with Crippen molar-refractivity contribution in [3.8, 4) is 0 Å². The Bertz CT molecular complexity index is 556. The third-order valence-electron chi connectivity index (χ3n) is 2.06. The molecule has 0 saturated heterocycles. The van der Waals surface area contributed by atoms with Crippen LogP contribution in [0.4, 0.5) is 13.2 Å². The summed E-state index contributed by atoms with van der Waals surface area (Å²) >= 11 is 0.